The molecule has 170 valence electrons. The summed E-state index contributed by atoms with van der Waals surface area (Å²) >= 11 is 0. The van der Waals surface area contributed by atoms with Gasteiger partial charge in [-0.05, 0) is 54.2 Å². The van der Waals surface area contributed by atoms with E-state index in [0.29, 0.717) is 27.8 Å². The molecule has 1 aromatic heterocycles. The highest BCUT2D eigenvalue weighted by molar-refractivity contribution is 7.86. The van der Waals surface area contributed by atoms with E-state index in [9.17, 15) is 26.1 Å². The van der Waals surface area contributed by atoms with E-state index in [1.165, 1.54) is 12.1 Å². The normalized spacial score (nSPS) is 12.1. The standard InChI is InChI=1S/C22H21F3N2O4S/c1-14-10-18(11-15(2)20(14)32(28,29)30)12-16-5-7-17(8-6-16)13-31-19-4-3-9-27(26)21(19)22(23,24)25/h3-11H,12-13,26H2,1-2H3/p+1. The molecule has 0 radical (unpaired) electrons. The van der Waals surface area contributed by atoms with E-state index in [1.54, 1.807) is 38.1 Å². The fourth-order valence-corrected chi connectivity index (χ4v) is 4.54. The van der Waals surface area contributed by atoms with Gasteiger partial charge in [-0.3, -0.25) is 4.55 Å². The van der Waals surface area contributed by atoms with E-state index in [2.05, 4.69) is 0 Å². The number of pyridine rings is 1. The van der Waals surface area contributed by atoms with Crippen LogP contribution in [0.5, 0.6) is 5.75 Å². The predicted octanol–water partition coefficient (Wildman–Crippen LogP) is 3.74. The maximum absolute atomic E-state index is 13.2. The highest BCUT2D eigenvalue weighted by Crippen LogP contribution is 2.33. The lowest BCUT2D eigenvalue weighted by atomic mass is 10.00. The van der Waals surface area contributed by atoms with Crippen LogP contribution in [0.15, 0.2) is 59.6 Å². The molecule has 6 nitrogen and oxygen atoms in total. The van der Waals surface area contributed by atoms with Crippen molar-refractivity contribution < 1.29 is 35.6 Å². The smallest absolute Gasteiger partial charge is 0.482 e. The Morgan fingerprint density at radius 2 is 1.56 bits per heavy atom. The van der Waals surface area contributed by atoms with Gasteiger partial charge in [-0.1, -0.05) is 41.1 Å². The number of aryl methyl sites for hydroxylation is 2. The molecule has 0 atom stereocenters. The van der Waals surface area contributed by atoms with Gasteiger partial charge in [-0.25, -0.2) is 5.84 Å². The first kappa shape index (κ1) is 23.6. The second-order valence-corrected chi connectivity index (χ2v) is 8.80. The molecule has 32 heavy (non-hydrogen) atoms. The van der Waals surface area contributed by atoms with Gasteiger partial charge in [0.2, 0.25) is 0 Å². The van der Waals surface area contributed by atoms with Gasteiger partial charge in [0.25, 0.3) is 10.1 Å². The Hall–Kier alpha value is -3.11. The first-order valence-corrected chi connectivity index (χ1v) is 11.0. The Bertz CT molecular complexity index is 1220. The zero-order valence-electron chi connectivity index (χ0n) is 17.3. The number of alkyl halides is 3. The van der Waals surface area contributed by atoms with Crippen LogP contribution < -0.4 is 15.3 Å². The summed E-state index contributed by atoms with van der Waals surface area (Å²) in [6.07, 6.45) is -3.05. The van der Waals surface area contributed by atoms with Gasteiger partial charge in [-0.15, -0.1) is 0 Å². The Balaban J connectivity index is 1.73. The SMILES string of the molecule is Cc1cc(Cc2ccc(COc3ccc[n+](N)c3C(F)(F)F)cc2)cc(C)c1S(=O)(=O)O. The molecule has 3 aromatic rings. The first-order chi connectivity index (χ1) is 14.9. The number of benzene rings is 2. The molecule has 3 rings (SSSR count). The van der Waals surface area contributed by atoms with Gasteiger partial charge in [0.05, 0.1) is 4.90 Å². The molecule has 1 heterocycles. The Kier molecular flexibility index (Phi) is 6.47. The molecule has 0 saturated heterocycles. The summed E-state index contributed by atoms with van der Waals surface area (Å²) in [4.78, 5) is -0.0910. The van der Waals surface area contributed by atoms with Crippen LogP contribution in [0.3, 0.4) is 0 Å². The highest BCUT2D eigenvalue weighted by atomic mass is 32.2. The molecule has 0 fully saturated rings. The van der Waals surface area contributed by atoms with Crippen molar-refractivity contribution in [3.8, 4) is 5.75 Å². The van der Waals surface area contributed by atoms with Crippen LogP contribution >= 0.6 is 0 Å². The number of nitrogens with two attached hydrogens (primary N) is 1. The van der Waals surface area contributed by atoms with Crippen molar-refractivity contribution in [2.75, 3.05) is 5.84 Å². The minimum Gasteiger partial charge on any atom is -0.482 e. The monoisotopic (exact) mass is 467 g/mol. The Labute approximate surface area is 183 Å². The van der Waals surface area contributed by atoms with Crippen molar-refractivity contribution in [1.29, 1.82) is 0 Å². The van der Waals surface area contributed by atoms with Crippen LogP contribution in [-0.2, 0) is 29.3 Å². The van der Waals surface area contributed by atoms with Gasteiger partial charge < -0.3 is 4.74 Å². The summed E-state index contributed by atoms with van der Waals surface area (Å²) in [7, 11) is -4.30. The lowest BCUT2D eigenvalue weighted by Gasteiger charge is -2.12. The van der Waals surface area contributed by atoms with Crippen molar-refractivity contribution >= 4 is 10.1 Å². The van der Waals surface area contributed by atoms with Crippen molar-refractivity contribution in [2.24, 2.45) is 0 Å². The highest BCUT2D eigenvalue weighted by Gasteiger charge is 2.45. The Morgan fingerprint density at radius 1 is 1.00 bits per heavy atom. The maximum atomic E-state index is 13.2. The average Bonchev–Trinajstić information content (AvgIpc) is 2.64. The zero-order valence-corrected chi connectivity index (χ0v) is 18.2. The van der Waals surface area contributed by atoms with E-state index in [-0.39, 0.29) is 17.3 Å². The van der Waals surface area contributed by atoms with Crippen LogP contribution in [-0.4, -0.2) is 13.0 Å². The van der Waals surface area contributed by atoms with Crippen LogP contribution in [0.1, 0.15) is 33.5 Å². The van der Waals surface area contributed by atoms with Gasteiger partial charge in [-0.2, -0.15) is 21.6 Å². The van der Waals surface area contributed by atoms with Crippen molar-refractivity contribution in [1.82, 2.24) is 0 Å². The van der Waals surface area contributed by atoms with E-state index >= 15 is 0 Å². The van der Waals surface area contributed by atoms with Crippen LogP contribution in [0.2, 0.25) is 0 Å². The molecule has 10 heteroatoms. The molecule has 0 saturated carbocycles. The Morgan fingerprint density at radius 3 is 2.09 bits per heavy atom. The molecule has 2 aromatic carbocycles. The molecule has 0 unspecified atom stereocenters. The second kappa shape index (κ2) is 8.79. The number of aromatic nitrogens is 1. The molecule has 0 aliphatic heterocycles. The van der Waals surface area contributed by atoms with E-state index in [1.807, 2.05) is 12.1 Å². The number of nitrogens with zero attached hydrogens (tertiary/aromatic N) is 1. The third-order valence-corrected chi connectivity index (χ3v) is 6.02. The lowest BCUT2D eigenvalue weighted by Crippen LogP contribution is -2.50. The van der Waals surface area contributed by atoms with E-state index < -0.39 is 22.0 Å². The molecule has 0 aliphatic carbocycles. The molecule has 0 bridgehead atoms. The third kappa shape index (κ3) is 5.38. The number of nitrogen functional groups attached to an aromatic ring is 1. The summed E-state index contributed by atoms with van der Waals surface area (Å²) in [6.45, 7) is 3.16. The fraction of sp³-hybridized carbons (Fsp3) is 0.227. The largest absolute Gasteiger partial charge is 0.484 e. The lowest BCUT2D eigenvalue weighted by molar-refractivity contribution is -0.660. The number of ether oxygens (including phenoxy) is 1. The van der Waals surface area contributed by atoms with Gasteiger partial charge in [0, 0.05) is 6.07 Å². The van der Waals surface area contributed by atoms with Crippen LogP contribution in [0.4, 0.5) is 13.2 Å². The number of hydrogen-bond donors (Lipinski definition) is 2. The molecule has 0 amide bonds. The summed E-state index contributed by atoms with van der Waals surface area (Å²) in [5.74, 6) is 5.03. The number of halogens is 3. The van der Waals surface area contributed by atoms with Gasteiger partial charge in [0.15, 0.2) is 11.9 Å². The summed E-state index contributed by atoms with van der Waals surface area (Å²) in [5, 5.41) is 0. The average molecular weight is 467 g/mol. The number of hydrogen-bond acceptors (Lipinski definition) is 4. The van der Waals surface area contributed by atoms with Crippen LogP contribution in [0.25, 0.3) is 0 Å². The molecule has 3 N–H and O–H groups in total. The quantitative estimate of drug-likeness (QED) is 0.327. The summed E-state index contributed by atoms with van der Waals surface area (Å²) in [5.41, 5.74) is 2.28. The molecular weight excluding hydrogens is 445 g/mol. The predicted molar refractivity (Wildman–Crippen MR) is 111 cm³/mol. The molecule has 0 spiro atoms. The topological polar surface area (TPSA) is 93.5 Å². The fourth-order valence-electron chi connectivity index (χ4n) is 3.61. The van der Waals surface area contributed by atoms with E-state index in [4.69, 9.17) is 10.6 Å². The first-order valence-electron chi connectivity index (χ1n) is 9.51. The van der Waals surface area contributed by atoms with E-state index in [0.717, 1.165) is 17.3 Å². The molecular formula is C22H22F3N2O4S+. The molecule has 0 aliphatic rings. The van der Waals surface area contributed by atoms with Crippen molar-refractivity contribution in [3.63, 3.8) is 0 Å². The second-order valence-electron chi connectivity index (χ2n) is 7.44. The minimum atomic E-state index is -4.66. The maximum Gasteiger partial charge on any atom is 0.484 e. The van der Waals surface area contributed by atoms with Crippen molar-refractivity contribution in [2.45, 2.75) is 37.9 Å². The zero-order chi connectivity index (χ0) is 23.7. The van der Waals surface area contributed by atoms with Gasteiger partial charge >= 0.3 is 11.9 Å². The van der Waals surface area contributed by atoms with Crippen LogP contribution in [0, 0.1) is 13.8 Å². The summed E-state index contributed by atoms with van der Waals surface area (Å²) < 4.78 is 77.9. The van der Waals surface area contributed by atoms with Gasteiger partial charge in [0.1, 0.15) is 6.61 Å². The third-order valence-electron chi connectivity index (χ3n) is 4.86. The summed E-state index contributed by atoms with van der Waals surface area (Å²) in [6, 6.07) is 13.1. The number of rotatable bonds is 6. The minimum absolute atomic E-state index is 0.0748. The van der Waals surface area contributed by atoms with Crippen molar-refractivity contribution in [3.05, 3.63) is 88.2 Å².